The highest BCUT2D eigenvalue weighted by atomic mass is 32.2. The van der Waals surface area contributed by atoms with Crippen molar-refractivity contribution in [2.45, 2.75) is 28.7 Å². The lowest BCUT2D eigenvalue weighted by Gasteiger charge is -2.10. The average molecular weight is 420 g/mol. The predicted octanol–water partition coefficient (Wildman–Crippen LogP) is 3.15. The molecule has 0 aromatic heterocycles. The Balaban J connectivity index is 1.62. The summed E-state index contributed by atoms with van der Waals surface area (Å²) in [6.45, 7) is 0. The van der Waals surface area contributed by atoms with Gasteiger partial charge in [0.05, 0.1) is 4.90 Å². The van der Waals surface area contributed by atoms with E-state index >= 15 is 0 Å². The van der Waals surface area contributed by atoms with Gasteiger partial charge in [0.1, 0.15) is 0 Å². The van der Waals surface area contributed by atoms with Crippen LogP contribution in [-0.4, -0.2) is 44.6 Å². The Labute approximate surface area is 168 Å². The zero-order valence-electron chi connectivity index (χ0n) is 15.5. The van der Waals surface area contributed by atoms with Crippen LogP contribution in [0.25, 0.3) is 0 Å². The highest BCUT2D eigenvalue weighted by Gasteiger charge is 2.27. The van der Waals surface area contributed by atoms with Gasteiger partial charge in [-0.2, -0.15) is 0 Å². The summed E-state index contributed by atoms with van der Waals surface area (Å²) in [4.78, 5) is 26.5. The molecule has 1 fully saturated rings. The Morgan fingerprint density at radius 1 is 1.00 bits per heavy atom. The van der Waals surface area contributed by atoms with Gasteiger partial charge in [0.15, 0.2) is 0 Å². The molecule has 1 aliphatic carbocycles. The Kier molecular flexibility index (Phi) is 6.07. The quantitative estimate of drug-likeness (QED) is 0.702. The molecule has 2 N–H and O–H groups in total. The molecule has 2 amide bonds. The van der Waals surface area contributed by atoms with Crippen molar-refractivity contribution < 1.29 is 18.0 Å². The van der Waals surface area contributed by atoms with Crippen LogP contribution >= 0.6 is 11.8 Å². The number of rotatable bonds is 6. The third-order valence-corrected chi connectivity index (χ3v) is 6.59. The van der Waals surface area contributed by atoms with Gasteiger partial charge in [0, 0.05) is 36.3 Å². The summed E-state index contributed by atoms with van der Waals surface area (Å²) in [6, 6.07) is 12.8. The van der Waals surface area contributed by atoms with Crippen LogP contribution in [0, 0.1) is 0 Å². The van der Waals surface area contributed by atoms with Gasteiger partial charge in [0.2, 0.25) is 10.0 Å². The highest BCUT2D eigenvalue weighted by Crippen LogP contribution is 2.24. The van der Waals surface area contributed by atoms with E-state index in [4.69, 9.17) is 0 Å². The van der Waals surface area contributed by atoms with Crippen molar-refractivity contribution in [3.05, 3.63) is 54.1 Å². The fourth-order valence-electron chi connectivity index (χ4n) is 2.28. The van der Waals surface area contributed by atoms with Gasteiger partial charge in [-0.05, 0) is 73.1 Å². The molecule has 3 rings (SSSR count). The number of nitrogens with zero attached hydrogens (tertiary/aromatic N) is 1. The fraction of sp³-hybridized carbons (Fsp3) is 0.263. The van der Waals surface area contributed by atoms with Crippen LogP contribution in [0.1, 0.15) is 23.2 Å². The van der Waals surface area contributed by atoms with Gasteiger partial charge in [-0.3, -0.25) is 9.59 Å². The van der Waals surface area contributed by atoms with Gasteiger partial charge >= 0.3 is 0 Å². The van der Waals surface area contributed by atoms with E-state index in [0.29, 0.717) is 11.3 Å². The third kappa shape index (κ3) is 5.34. The summed E-state index contributed by atoms with van der Waals surface area (Å²) in [7, 11) is -0.168. The second-order valence-electron chi connectivity index (χ2n) is 6.66. The van der Waals surface area contributed by atoms with Crippen molar-refractivity contribution >= 4 is 38.6 Å². The normalized spacial score (nSPS) is 13.8. The van der Waals surface area contributed by atoms with Crippen LogP contribution in [-0.2, 0) is 10.0 Å². The molecular formula is C19H21N3O4S2. The molecule has 0 atom stereocenters. The molecule has 0 radical (unpaired) electrons. The van der Waals surface area contributed by atoms with E-state index in [0.717, 1.165) is 29.5 Å². The molecule has 28 heavy (non-hydrogen) atoms. The van der Waals surface area contributed by atoms with Gasteiger partial charge in [-0.1, -0.05) is 0 Å². The number of carbonyl (C=O) groups is 2. The van der Waals surface area contributed by atoms with E-state index < -0.39 is 10.0 Å². The van der Waals surface area contributed by atoms with E-state index in [1.54, 1.807) is 38.4 Å². The molecule has 0 aliphatic heterocycles. The topological polar surface area (TPSA) is 95.6 Å². The molecule has 0 heterocycles. The van der Waals surface area contributed by atoms with Crippen LogP contribution in [0.2, 0.25) is 0 Å². The van der Waals surface area contributed by atoms with Crippen molar-refractivity contribution in [3.8, 4) is 0 Å². The molecule has 148 valence electrons. The van der Waals surface area contributed by atoms with Crippen molar-refractivity contribution in [3.63, 3.8) is 0 Å². The fourth-order valence-corrected chi connectivity index (χ4v) is 4.24. The maximum absolute atomic E-state index is 12.4. The zero-order chi connectivity index (χ0) is 20.3. The molecule has 0 bridgehead atoms. The van der Waals surface area contributed by atoms with E-state index in [1.165, 1.54) is 29.2 Å². The van der Waals surface area contributed by atoms with Crippen molar-refractivity contribution in [1.29, 1.82) is 0 Å². The molecule has 2 aromatic carbocycles. The molecule has 2 aromatic rings. The summed E-state index contributed by atoms with van der Waals surface area (Å²) < 4.78 is 26.9. The number of amides is 2. The lowest BCUT2D eigenvalue weighted by atomic mass is 10.2. The van der Waals surface area contributed by atoms with Crippen LogP contribution < -0.4 is 10.0 Å². The SMILES string of the molecule is CN(C)C(=O)Sc1ccc(NC(=O)c2ccc(S(=O)(=O)NC3CC3)cc2)cc1. The van der Waals surface area contributed by atoms with Gasteiger partial charge in [-0.15, -0.1) is 0 Å². The second-order valence-corrected chi connectivity index (χ2v) is 9.40. The van der Waals surface area contributed by atoms with Crippen LogP contribution in [0.5, 0.6) is 0 Å². The number of hydrogen-bond acceptors (Lipinski definition) is 5. The van der Waals surface area contributed by atoms with Crippen LogP contribution in [0.4, 0.5) is 10.5 Å². The molecule has 0 spiro atoms. The molecular weight excluding hydrogens is 398 g/mol. The zero-order valence-corrected chi connectivity index (χ0v) is 17.1. The third-order valence-electron chi connectivity index (χ3n) is 4.01. The number of nitrogens with one attached hydrogen (secondary N) is 2. The Morgan fingerprint density at radius 2 is 1.61 bits per heavy atom. The largest absolute Gasteiger partial charge is 0.339 e. The Bertz CT molecular complexity index is 967. The number of carbonyl (C=O) groups excluding carboxylic acids is 2. The number of hydrogen-bond donors (Lipinski definition) is 2. The van der Waals surface area contributed by atoms with E-state index in [2.05, 4.69) is 10.0 Å². The standard InChI is InChI=1S/C19H21N3O4S2/c1-22(2)19(24)27-16-9-7-14(8-10-16)20-18(23)13-3-11-17(12-4-13)28(25,26)21-15-5-6-15/h3-4,7-12,15,21H,5-6H2,1-2H3,(H,20,23). The smallest absolute Gasteiger partial charge is 0.285 e. The minimum absolute atomic E-state index is 0.0297. The molecule has 0 unspecified atom stereocenters. The summed E-state index contributed by atoms with van der Waals surface area (Å²) in [6.07, 6.45) is 1.72. The summed E-state index contributed by atoms with van der Waals surface area (Å²) in [5, 5.41) is 2.67. The summed E-state index contributed by atoms with van der Waals surface area (Å²) >= 11 is 1.10. The van der Waals surface area contributed by atoms with Crippen LogP contribution in [0.15, 0.2) is 58.3 Å². The molecule has 1 aliphatic rings. The highest BCUT2D eigenvalue weighted by molar-refractivity contribution is 8.13. The van der Waals surface area contributed by atoms with E-state index in [-0.39, 0.29) is 22.1 Å². The minimum atomic E-state index is -3.53. The van der Waals surface area contributed by atoms with E-state index in [1.807, 2.05) is 0 Å². The molecule has 7 nitrogen and oxygen atoms in total. The number of anilines is 1. The second kappa shape index (κ2) is 8.34. The first-order valence-corrected chi connectivity index (χ1v) is 11.0. The van der Waals surface area contributed by atoms with Gasteiger partial charge in [0.25, 0.3) is 11.1 Å². The monoisotopic (exact) mass is 419 g/mol. The lowest BCUT2D eigenvalue weighted by molar-refractivity contribution is 0.102. The lowest BCUT2D eigenvalue weighted by Crippen LogP contribution is -2.25. The Hall–Kier alpha value is -2.36. The van der Waals surface area contributed by atoms with Crippen LogP contribution in [0.3, 0.4) is 0 Å². The maximum atomic E-state index is 12.4. The van der Waals surface area contributed by atoms with E-state index in [9.17, 15) is 18.0 Å². The van der Waals surface area contributed by atoms with Crippen molar-refractivity contribution in [2.24, 2.45) is 0 Å². The number of benzene rings is 2. The minimum Gasteiger partial charge on any atom is -0.339 e. The number of sulfonamides is 1. The maximum Gasteiger partial charge on any atom is 0.285 e. The average Bonchev–Trinajstić information content (AvgIpc) is 3.46. The molecule has 9 heteroatoms. The summed E-state index contributed by atoms with van der Waals surface area (Å²) in [5.41, 5.74) is 0.936. The molecule has 1 saturated carbocycles. The number of thioether (sulfide) groups is 1. The molecule has 0 saturated heterocycles. The first-order chi connectivity index (χ1) is 13.2. The van der Waals surface area contributed by atoms with Gasteiger partial charge < -0.3 is 10.2 Å². The predicted molar refractivity (Wildman–Crippen MR) is 109 cm³/mol. The van der Waals surface area contributed by atoms with Crippen molar-refractivity contribution in [1.82, 2.24) is 9.62 Å². The first-order valence-electron chi connectivity index (χ1n) is 8.67. The van der Waals surface area contributed by atoms with Crippen molar-refractivity contribution in [2.75, 3.05) is 19.4 Å². The van der Waals surface area contributed by atoms with Gasteiger partial charge in [-0.25, -0.2) is 13.1 Å². The Morgan fingerprint density at radius 3 is 2.14 bits per heavy atom. The first kappa shape index (κ1) is 20.4. The summed E-state index contributed by atoms with van der Waals surface area (Å²) in [5.74, 6) is -0.344.